The summed E-state index contributed by atoms with van der Waals surface area (Å²) in [6.45, 7) is 0.244. The highest BCUT2D eigenvalue weighted by Gasteiger charge is 2.12. The Morgan fingerprint density at radius 2 is 1.95 bits per heavy atom. The molecule has 0 aliphatic rings. The van der Waals surface area contributed by atoms with E-state index < -0.39 is 11.8 Å². The maximum Gasteiger partial charge on any atom is 0.340 e. The lowest BCUT2D eigenvalue weighted by atomic mass is 10.2. The molecule has 104 valence electrons. The van der Waals surface area contributed by atoms with E-state index in [4.69, 9.17) is 10.5 Å². The number of thioether (sulfide) groups is 1. The summed E-state index contributed by atoms with van der Waals surface area (Å²) in [5.74, 6) is -0.481. The molecule has 5 heteroatoms. The Hall–Kier alpha value is -2.01. The van der Waals surface area contributed by atoms with Gasteiger partial charge >= 0.3 is 5.97 Å². The second-order valence-corrected chi connectivity index (χ2v) is 5.20. The molecule has 2 aromatic rings. The molecule has 3 nitrogen and oxygen atoms in total. The van der Waals surface area contributed by atoms with Gasteiger partial charge in [-0.1, -0.05) is 18.2 Å². The van der Waals surface area contributed by atoms with Gasteiger partial charge in [-0.25, -0.2) is 9.18 Å². The van der Waals surface area contributed by atoms with Crippen LogP contribution in [-0.4, -0.2) is 18.3 Å². The predicted octanol–water partition coefficient (Wildman–Crippen LogP) is 3.36. The van der Waals surface area contributed by atoms with Gasteiger partial charge in [0.05, 0.1) is 5.56 Å². The Labute approximate surface area is 120 Å². The Morgan fingerprint density at radius 1 is 1.20 bits per heavy atom. The number of carbonyl (C=O) groups is 1. The van der Waals surface area contributed by atoms with E-state index in [0.29, 0.717) is 5.75 Å². The number of halogens is 1. The van der Waals surface area contributed by atoms with Crippen molar-refractivity contribution in [2.24, 2.45) is 0 Å². The van der Waals surface area contributed by atoms with Gasteiger partial charge in [0.15, 0.2) is 0 Å². The third kappa shape index (κ3) is 3.99. The van der Waals surface area contributed by atoms with E-state index in [1.807, 2.05) is 30.3 Å². The van der Waals surface area contributed by atoms with Crippen LogP contribution in [0.5, 0.6) is 0 Å². The van der Waals surface area contributed by atoms with E-state index >= 15 is 0 Å². The lowest BCUT2D eigenvalue weighted by Crippen LogP contribution is -2.10. The monoisotopic (exact) mass is 291 g/mol. The third-order valence-electron chi connectivity index (χ3n) is 2.56. The summed E-state index contributed by atoms with van der Waals surface area (Å²) in [6.07, 6.45) is 0. The normalized spacial score (nSPS) is 10.2. The first-order valence-electron chi connectivity index (χ1n) is 6.07. The molecule has 0 heterocycles. The number of hydrogen-bond donors (Lipinski definition) is 1. The van der Waals surface area contributed by atoms with Crippen LogP contribution in [0.2, 0.25) is 0 Å². The maximum atomic E-state index is 13.0. The van der Waals surface area contributed by atoms with Crippen molar-refractivity contribution in [2.75, 3.05) is 18.1 Å². The average molecular weight is 291 g/mol. The van der Waals surface area contributed by atoms with Crippen LogP contribution >= 0.6 is 11.8 Å². The smallest absolute Gasteiger partial charge is 0.340 e. The molecule has 0 aliphatic heterocycles. The van der Waals surface area contributed by atoms with E-state index in [-0.39, 0.29) is 17.9 Å². The molecule has 0 bridgehead atoms. The minimum atomic E-state index is -0.601. The second-order valence-electron chi connectivity index (χ2n) is 4.03. The lowest BCUT2D eigenvalue weighted by molar-refractivity contribution is 0.0531. The van der Waals surface area contributed by atoms with Crippen molar-refractivity contribution in [3.63, 3.8) is 0 Å². The molecule has 0 aliphatic carbocycles. The summed E-state index contributed by atoms with van der Waals surface area (Å²) in [7, 11) is 0. The molecule has 0 unspecified atom stereocenters. The fourth-order valence-corrected chi connectivity index (χ4v) is 2.35. The molecule has 0 radical (unpaired) electrons. The number of hydrogen-bond acceptors (Lipinski definition) is 4. The standard InChI is InChI=1S/C15H14FNO2S/c16-11-6-7-14(17)13(10-11)15(18)19-8-9-20-12-4-2-1-3-5-12/h1-7,10H,8-9,17H2. The zero-order valence-electron chi connectivity index (χ0n) is 10.7. The number of nitrogen functional groups attached to an aromatic ring is 1. The number of nitrogens with two attached hydrogens (primary N) is 1. The quantitative estimate of drug-likeness (QED) is 0.397. The van der Waals surface area contributed by atoms with Crippen molar-refractivity contribution in [2.45, 2.75) is 4.90 Å². The summed E-state index contributed by atoms with van der Waals surface area (Å²) in [4.78, 5) is 12.9. The molecular formula is C15H14FNO2S. The van der Waals surface area contributed by atoms with Crippen molar-refractivity contribution in [3.8, 4) is 0 Å². The molecule has 0 fully saturated rings. The van der Waals surface area contributed by atoms with Crippen molar-refractivity contribution in [3.05, 3.63) is 59.9 Å². The Bertz CT molecular complexity index is 590. The second kappa shape index (κ2) is 6.96. The van der Waals surface area contributed by atoms with Gasteiger partial charge in [-0.15, -0.1) is 11.8 Å². The van der Waals surface area contributed by atoms with E-state index in [0.717, 1.165) is 11.0 Å². The Kier molecular flexibility index (Phi) is 5.01. The third-order valence-corrected chi connectivity index (χ3v) is 3.54. The number of esters is 1. The van der Waals surface area contributed by atoms with Crippen LogP contribution in [0.3, 0.4) is 0 Å². The molecular weight excluding hydrogens is 277 g/mol. The van der Waals surface area contributed by atoms with E-state index in [1.165, 1.54) is 12.1 Å². The lowest BCUT2D eigenvalue weighted by Gasteiger charge is -2.07. The fraction of sp³-hybridized carbons (Fsp3) is 0.133. The fourth-order valence-electron chi connectivity index (χ4n) is 1.59. The van der Waals surface area contributed by atoms with E-state index in [9.17, 15) is 9.18 Å². The summed E-state index contributed by atoms with van der Waals surface area (Å²) in [5, 5.41) is 0. The van der Waals surface area contributed by atoms with E-state index in [2.05, 4.69) is 0 Å². The maximum absolute atomic E-state index is 13.0. The van der Waals surface area contributed by atoms with Gasteiger partial charge in [-0.3, -0.25) is 0 Å². The van der Waals surface area contributed by atoms with Gasteiger partial charge in [-0.2, -0.15) is 0 Å². The molecule has 0 aromatic heterocycles. The molecule has 0 spiro atoms. The number of ether oxygens (including phenoxy) is 1. The van der Waals surface area contributed by atoms with Crippen molar-refractivity contribution in [1.82, 2.24) is 0 Å². The Morgan fingerprint density at radius 3 is 2.70 bits per heavy atom. The van der Waals surface area contributed by atoms with Crippen LogP contribution in [0.25, 0.3) is 0 Å². The molecule has 2 aromatic carbocycles. The average Bonchev–Trinajstić information content (AvgIpc) is 2.47. The molecule has 0 saturated carbocycles. The van der Waals surface area contributed by atoms with Crippen LogP contribution in [-0.2, 0) is 4.74 Å². The molecule has 0 saturated heterocycles. The van der Waals surface area contributed by atoms with Crippen LogP contribution in [0.4, 0.5) is 10.1 Å². The molecule has 20 heavy (non-hydrogen) atoms. The Balaban J connectivity index is 1.82. The molecule has 0 amide bonds. The number of rotatable bonds is 5. The van der Waals surface area contributed by atoms with Crippen molar-refractivity contribution < 1.29 is 13.9 Å². The number of benzene rings is 2. The number of anilines is 1. The van der Waals surface area contributed by atoms with Gasteiger partial charge in [0.25, 0.3) is 0 Å². The number of carbonyl (C=O) groups excluding carboxylic acids is 1. The summed E-state index contributed by atoms with van der Waals surface area (Å²) in [5.41, 5.74) is 5.89. The highest BCUT2D eigenvalue weighted by atomic mass is 32.2. The van der Waals surface area contributed by atoms with E-state index in [1.54, 1.807) is 11.8 Å². The first-order chi connectivity index (χ1) is 9.66. The van der Waals surface area contributed by atoms with Crippen molar-refractivity contribution in [1.29, 1.82) is 0 Å². The van der Waals surface area contributed by atoms with Gasteiger partial charge in [0.1, 0.15) is 12.4 Å². The molecule has 2 N–H and O–H groups in total. The zero-order valence-corrected chi connectivity index (χ0v) is 11.5. The van der Waals surface area contributed by atoms with Gasteiger partial charge in [0, 0.05) is 16.3 Å². The van der Waals surface area contributed by atoms with Crippen LogP contribution in [0, 0.1) is 5.82 Å². The summed E-state index contributed by atoms with van der Waals surface area (Å²) < 4.78 is 18.1. The van der Waals surface area contributed by atoms with Gasteiger partial charge in [-0.05, 0) is 30.3 Å². The summed E-state index contributed by atoms with van der Waals surface area (Å²) >= 11 is 1.58. The van der Waals surface area contributed by atoms with Gasteiger partial charge < -0.3 is 10.5 Å². The SMILES string of the molecule is Nc1ccc(F)cc1C(=O)OCCSc1ccccc1. The van der Waals surface area contributed by atoms with Crippen molar-refractivity contribution >= 4 is 23.4 Å². The minimum absolute atomic E-state index is 0.0645. The molecule has 0 atom stereocenters. The first-order valence-corrected chi connectivity index (χ1v) is 7.05. The molecule has 2 rings (SSSR count). The van der Waals surface area contributed by atoms with Crippen LogP contribution in [0.15, 0.2) is 53.4 Å². The first kappa shape index (κ1) is 14.4. The van der Waals surface area contributed by atoms with Crippen LogP contribution < -0.4 is 5.73 Å². The van der Waals surface area contributed by atoms with Crippen LogP contribution in [0.1, 0.15) is 10.4 Å². The minimum Gasteiger partial charge on any atom is -0.461 e. The predicted molar refractivity (Wildman–Crippen MR) is 78.3 cm³/mol. The topological polar surface area (TPSA) is 52.3 Å². The zero-order chi connectivity index (χ0) is 14.4. The summed E-state index contributed by atoms with van der Waals surface area (Å²) in [6, 6.07) is 13.4. The highest BCUT2D eigenvalue weighted by Crippen LogP contribution is 2.18. The largest absolute Gasteiger partial charge is 0.461 e. The highest BCUT2D eigenvalue weighted by molar-refractivity contribution is 7.99. The van der Waals surface area contributed by atoms with Gasteiger partial charge in [0.2, 0.25) is 0 Å².